The summed E-state index contributed by atoms with van der Waals surface area (Å²) in [4.78, 5) is 0. The van der Waals surface area contributed by atoms with Crippen molar-refractivity contribution >= 4 is 5.69 Å². The Labute approximate surface area is 99.8 Å². The maximum Gasteiger partial charge on any atom is 0.435 e. The summed E-state index contributed by atoms with van der Waals surface area (Å²) in [5, 5.41) is 3.64. The lowest BCUT2D eigenvalue weighted by Crippen LogP contribution is -2.15. The van der Waals surface area contributed by atoms with Crippen molar-refractivity contribution in [1.82, 2.24) is 9.78 Å². The Morgan fingerprint density at radius 2 is 1.83 bits per heavy atom. The number of nitrogens with zero attached hydrogens (tertiary/aromatic N) is 2. The first kappa shape index (κ1) is 12.4. The average molecular weight is 259 g/mol. The fourth-order valence-corrected chi connectivity index (χ4v) is 1.61. The van der Waals surface area contributed by atoms with E-state index in [0.29, 0.717) is 4.68 Å². The fraction of sp³-hybridized carbons (Fsp3) is 0.182. The molecule has 0 spiro atoms. The van der Waals surface area contributed by atoms with Crippen LogP contribution < -0.4 is 5.73 Å². The van der Waals surface area contributed by atoms with Crippen LogP contribution in [0.2, 0.25) is 0 Å². The van der Waals surface area contributed by atoms with Gasteiger partial charge in [-0.05, 0) is 19.1 Å². The van der Waals surface area contributed by atoms with E-state index < -0.39 is 23.4 Å². The maximum absolute atomic E-state index is 13.5. The number of hydrogen-bond donors (Lipinski definition) is 1. The van der Waals surface area contributed by atoms with Gasteiger partial charge < -0.3 is 5.73 Å². The molecule has 0 atom stereocenters. The molecular formula is C11H9F4N3. The zero-order chi connectivity index (χ0) is 13.5. The molecule has 1 aromatic carbocycles. The van der Waals surface area contributed by atoms with Gasteiger partial charge in [-0.1, -0.05) is 12.1 Å². The Hall–Kier alpha value is -2.05. The van der Waals surface area contributed by atoms with Crippen LogP contribution in [0.5, 0.6) is 0 Å². The molecule has 0 radical (unpaired) electrons. The highest BCUT2D eigenvalue weighted by atomic mass is 19.4. The lowest BCUT2D eigenvalue weighted by molar-refractivity contribution is -0.142. The van der Waals surface area contributed by atoms with Crippen molar-refractivity contribution in [3.8, 4) is 5.69 Å². The normalized spacial score (nSPS) is 11.8. The molecule has 0 aliphatic carbocycles. The van der Waals surface area contributed by atoms with Crippen molar-refractivity contribution in [2.24, 2.45) is 0 Å². The summed E-state index contributed by atoms with van der Waals surface area (Å²) in [5.74, 6) is -0.800. The molecule has 0 saturated carbocycles. The number of para-hydroxylation sites is 1. The Morgan fingerprint density at radius 1 is 1.22 bits per heavy atom. The van der Waals surface area contributed by atoms with Gasteiger partial charge in [-0.3, -0.25) is 0 Å². The second-order valence-electron chi connectivity index (χ2n) is 3.71. The van der Waals surface area contributed by atoms with Crippen LogP contribution in [0, 0.1) is 12.7 Å². The molecule has 2 rings (SSSR count). The third-order valence-corrected chi connectivity index (χ3v) is 2.46. The van der Waals surface area contributed by atoms with Crippen molar-refractivity contribution in [2.45, 2.75) is 13.1 Å². The molecule has 0 aliphatic rings. The highest BCUT2D eigenvalue weighted by Crippen LogP contribution is 2.36. The Bertz CT molecular complexity index is 586. The number of aryl methyl sites for hydroxylation is 1. The summed E-state index contributed by atoms with van der Waals surface area (Å²) in [7, 11) is 0. The minimum Gasteiger partial charge on any atom is -0.395 e. The van der Waals surface area contributed by atoms with E-state index in [1.165, 1.54) is 25.1 Å². The van der Waals surface area contributed by atoms with E-state index in [4.69, 9.17) is 5.73 Å². The zero-order valence-corrected chi connectivity index (χ0v) is 9.29. The van der Waals surface area contributed by atoms with E-state index in [1.54, 1.807) is 0 Å². The summed E-state index contributed by atoms with van der Waals surface area (Å²) < 4.78 is 52.6. The molecule has 96 valence electrons. The molecule has 0 saturated heterocycles. The molecule has 0 amide bonds. The van der Waals surface area contributed by atoms with Crippen LogP contribution >= 0.6 is 0 Å². The Morgan fingerprint density at radius 3 is 2.39 bits per heavy atom. The zero-order valence-electron chi connectivity index (χ0n) is 9.29. The van der Waals surface area contributed by atoms with Gasteiger partial charge in [-0.15, -0.1) is 0 Å². The first-order chi connectivity index (χ1) is 8.32. The van der Waals surface area contributed by atoms with E-state index in [0.717, 1.165) is 6.07 Å². The monoisotopic (exact) mass is 259 g/mol. The number of alkyl halides is 3. The molecule has 18 heavy (non-hydrogen) atoms. The summed E-state index contributed by atoms with van der Waals surface area (Å²) in [6.07, 6.45) is -4.70. The van der Waals surface area contributed by atoms with Crippen molar-refractivity contribution in [3.63, 3.8) is 0 Å². The second kappa shape index (κ2) is 4.01. The molecule has 3 nitrogen and oxygen atoms in total. The number of rotatable bonds is 1. The molecular weight excluding hydrogens is 250 g/mol. The number of benzene rings is 1. The van der Waals surface area contributed by atoms with Gasteiger partial charge in [-0.25, -0.2) is 9.07 Å². The molecule has 0 fully saturated rings. The summed E-state index contributed by atoms with van der Waals surface area (Å²) >= 11 is 0. The minimum atomic E-state index is -4.70. The summed E-state index contributed by atoms with van der Waals surface area (Å²) in [5.41, 5.74) is 3.41. The molecule has 2 aromatic rings. The van der Waals surface area contributed by atoms with Gasteiger partial charge in [-0.2, -0.15) is 18.3 Å². The van der Waals surface area contributed by atoms with Crippen LogP contribution in [-0.2, 0) is 6.18 Å². The fourth-order valence-electron chi connectivity index (χ4n) is 1.61. The van der Waals surface area contributed by atoms with Gasteiger partial charge in [0.15, 0.2) is 5.69 Å². The first-order valence-corrected chi connectivity index (χ1v) is 4.99. The van der Waals surface area contributed by atoms with Crippen LogP contribution in [0.25, 0.3) is 5.69 Å². The van der Waals surface area contributed by atoms with Gasteiger partial charge in [0.05, 0.1) is 11.4 Å². The molecule has 0 aliphatic heterocycles. The van der Waals surface area contributed by atoms with Crippen LogP contribution in [0.1, 0.15) is 11.4 Å². The highest BCUT2D eigenvalue weighted by Gasteiger charge is 2.39. The third kappa shape index (κ3) is 1.92. The molecule has 2 N–H and O–H groups in total. The Kier molecular flexibility index (Phi) is 2.76. The minimum absolute atomic E-state index is 0.00516. The quantitative estimate of drug-likeness (QED) is 0.800. The van der Waals surface area contributed by atoms with Gasteiger partial charge in [0, 0.05) is 0 Å². The van der Waals surface area contributed by atoms with Gasteiger partial charge in [0.25, 0.3) is 0 Å². The lowest BCUT2D eigenvalue weighted by atomic mass is 10.2. The van der Waals surface area contributed by atoms with Crippen LogP contribution in [0.3, 0.4) is 0 Å². The molecule has 0 bridgehead atoms. The van der Waals surface area contributed by atoms with Gasteiger partial charge in [0.2, 0.25) is 0 Å². The van der Waals surface area contributed by atoms with E-state index >= 15 is 0 Å². The Balaban J connectivity index is 2.73. The number of nitrogen functional groups attached to an aromatic ring is 1. The number of halogens is 4. The number of anilines is 1. The number of aromatic nitrogens is 2. The predicted octanol–water partition coefficient (Wildman–Crippen LogP) is 2.92. The standard InChI is InChI=1S/C11H9F4N3/c1-6-9(16)10(11(13,14)15)18(17-6)8-5-3-2-4-7(8)12/h2-5H,16H2,1H3. The lowest BCUT2D eigenvalue weighted by Gasteiger charge is -2.11. The topological polar surface area (TPSA) is 43.8 Å². The average Bonchev–Trinajstić information content (AvgIpc) is 2.55. The maximum atomic E-state index is 13.5. The van der Waals surface area contributed by atoms with Gasteiger partial charge in [0.1, 0.15) is 11.5 Å². The third-order valence-electron chi connectivity index (χ3n) is 2.46. The smallest absolute Gasteiger partial charge is 0.395 e. The summed E-state index contributed by atoms with van der Waals surface area (Å²) in [6, 6.07) is 5.07. The largest absolute Gasteiger partial charge is 0.435 e. The summed E-state index contributed by atoms with van der Waals surface area (Å²) in [6.45, 7) is 1.34. The SMILES string of the molecule is Cc1nn(-c2ccccc2F)c(C(F)(F)F)c1N. The predicted molar refractivity (Wildman–Crippen MR) is 57.7 cm³/mol. The van der Waals surface area contributed by atoms with E-state index in [1.807, 2.05) is 0 Å². The molecule has 7 heteroatoms. The second-order valence-corrected chi connectivity index (χ2v) is 3.71. The number of nitrogens with two attached hydrogens (primary N) is 1. The molecule has 1 aromatic heterocycles. The van der Waals surface area contributed by atoms with Crippen molar-refractivity contribution in [2.75, 3.05) is 5.73 Å². The van der Waals surface area contributed by atoms with Crippen molar-refractivity contribution in [1.29, 1.82) is 0 Å². The van der Waals surface area contributed by atoms with E-state index in [2.05, 4.69) is 5.10 Å². The number of hydrogen-bond acceptors (Lipinski definition) is 2. The molecule has 0 unspecified atom stereocenters. The van der Waals surface area contributed by atoms with Gasteiger partial charge >= 0.3 is 6.18 Å². The van der Waals surface area contributed by atoms with Crippen LogP contribution in [-0.4, -0.2) is 9.78 Å². The molecule has 1 heterocycles. The highest BCUT2D eigenvalue weighted by molar-refractivity contribution is 5.52. The van der Waals surface area contributed by atoms with Crippen molar-refractivity contribution < 1.29 is 17.6 Å². The van der Waals surface area contributed by atoms with E-state index in [-0.39, 0.29) is 11.4 Å². The van der Waals surface area contributed by atoms with E-state index in [9.17, 15) is 17.6 Å². The first-order valence-electron chi connectivity index (χ1n) is 4.99. The van der Waals surface area contributed by atoms with Crippen LogP contribution in [0.15, 0.2) is 24.3 Å². The van der Waals surface area contributed by atoms with Crippen molar-refractivity contribution in [3.05, 3.63) is 41.5 Å². The van der Waals surface area contributed by atoms with Crippen LogP contribution in [0.4, 0.5) is 23.2 Å².